The maximum atomic E-state index is 14.8. The maximum Gasteiger partial charge on any atom is 0.255 e. The SMILES string of the molecule is CC(=O)N1CCC(O/N=C(\c2ccc(=O)n(-c3c(Cl)cccc3Cl)c2)c2ccc(F)cc2F)CC1. The van der Waals surface area contributed by atoms with Crippen molar-refractivity contribution in [1.82, 2.24) is 9.47 Å². The van der Waals surface area contributed by atoms with E-state index in [9.17, 15) is 18.4 Å². The number of oxime groups is 1. The molecule has 182 valence electrons. The van der Waals surface area contributed by atoms with Crippen molar-refractivity contribution in [3.63, 3.8) is 0 Å². The predicted octanol–water partition coefficient (Wildman–Crippen LogP) is 5.20. The first kappa shape index (κ1) is 24.9. The van der Waals surface area contributed by atoms with Crippen LogP contribution in [0.4, 0.5) is 8.78 Å². The van der Waals surface area contributed by atoms with Crippen molar-refractivity contribution in [3.05, 3.63) is 97.9 Å². The van der Waals surface area contributed by atoms with Crippen LogP contribution in [0.25, 0.3) is 5.69 Å². The van der Waals surface area contributed by atoms with E-state index in [1.165, 1.54) is 35.9 Å². The standard InChI is InChI=1S/C25H21Cl2F2N3O3/c1-15(33)31-11-9-18(10-12-31)35-30-24(19-7-6-17(28)13-22(19)29)16-5-8-23(34)32(14-16)25-20(26)3-2-4-21(25)27/h2-8,13-14,18H,9-12H2,1H3/b30-24+. The first-order valence-corrected chi connectivity index (χ1v) is 11.6. The quantitative estimate of drug-likeness (QED) is 0.343. The molecule has 2 heterocycles. The zero-order valence-corrected chi connectivity index (χ0v) is 20.2. The molecule has 0 atom stereocenters. The summed E-state index contributed by atoms with van der Waals surface area (Å²) >= 11 is 12.6. The number of para-hydroxylation sites is 1. The third kappa shape index (κ3) is 5.55. The summed E-state index contributed by atoms with van der Waals surface area (Å²) in [6.07, 6.45) is 2.24. The Labute approximate surface area is 210 Å². The molecule has 0 spiro atoms. The lowest BCUT2D eigenvalue weighted by Gasteiger charge is -2.30. The lowest BCUT2D eigenvalue weighted by atomic mass is 10.0. The van der Waals surface area contributed by atoms with Gasteiger partial charge < -0.3 is 9.74 Å². The number of aromatic nitrogens is 1. The molecule has 3 aromatic rings. The van der Waals surface area contributed by atoms with E-state index in [-0.39, 0.29) is 39.0 Å². The Morgan fingerprint density at radius 1 is 1.06 bits per heavy atom. The number of halogens is 4. The number of piperidine rings is 1. The second-order valence-electron chi connectivity index (χ2n) is 8.07. The smallest absolute Gasteiger partial charge is 0.255 e. The number of carbonyl (C=O) groups is 1. The Bertz CT molecular complexity index is 1330. The molecule has 1 aromatic heterocycles. The van der Waals surface area contributed by atoms with Gasteiger partial charge in [0.2, 0.25) is 5.91 Å². The summed E-state index contributed by atoms with van der Waals surface area (Å²) < 4.78 is 29.6. The number of rotatable bonds is 5. The zero-order valence-electron chi connectivity index (χ0n) is 18.7. The summed E-state index contributed by atoms with van der Waals surface area (Å²) in [7, 11) is 0. The highest BCUT2D eigenvalue weighted by Gasteiger charge is 2.23. The van der Waals surface area contributed by atoms with Crippen LogP contribution in [0, 0.1) is 11.6 Å². The van der Waals surface area contributed by atoms with Crippen molar-refractivity contribution in [2.24, 2.45) is 5.16 Å². The second-order valence-corrected chi connectivity index (χ2v) is 8.89. The lowest BCUT2D eigenvalue weighted by Crippen LogP contribution is -2.39. The largest absolute Gasteiger partial charge is 0.392 e. The molecule has 1 aliphatic heterocycles. The highest BCUT2D eigenvalue weighted by atomic mass is 35.5. The van der Waals surface area contributed by atoms with Crippen molar-refractivity contribution >= 4 is 34.8 Å². The summed E-state index contributed by atoms with van der Waals surface area (Å²) in [5, 5.41) is 4.72. The van der Waals surface area contributed by atoms with Gasteiger partial charge in [0.1, 0.15) is 23.5 Å². The molecule has 1 aliphatic rings. The van der Waals surface area contributed by atoms with Crippen LogP contribution in [0.1, 0.15) is 30.9 Å². The molecule has 1 saturated heterocycles. The van der Waals surface area contributed by atoms with Gasteiger partial charge in [-0.05, 0) is 30.3 Å². The number of nitrogens with zero attached hydrogens (tertiary/aromatic N) is 3. The van der Waals surface area contributed by atoms with Crippen LogP contribution in [0.3, 0.4) is 0 Å². The van der Waals surface area contributed by atoms with Crippen molar-refractivity contribution in [2.75, 3.05) is 13.1 Å². The minimum atomic E-state index is -0.840. The number of likely N-dealkylation sites (tertiary alicyclic amines) is 1. The normalized spacial score (nSPS) is 14.8. The van der Waals surface area contributed by atoms with Gasteiger partial charge in [-0.1, -0.05) is 34.4 Å². The molecule has 0 aliphatic carbocycles. The number of hydrogen-bond donors (Lipinski definition) is 0. The number of benzene rings is 2. The van der Waals surface area contributed by atoms with E-state index in [1.54, 1.807) is 23.1 Å². The van der Waals surface area contributed by atoms with Gasteiger partial charge in [-0.25, -0.2) is 8.78 Å². The average Bonchev–Trinajstić information content (AvgIpc) is 2.82. The fourth-order valence-corrected chi connectivity index (χ4v) is 4.44. The summed E-state index contributed by atoms with van der Waals surface area (Å²) in [4.78, 5) is 31.7. The molecule has 0 saturated carbocycles. The fourth-order valence-electron chi connectivity index (χ4n) is 3.86. The van der Waals surface area contributed by atoms with E-state index in [0.717, 1.165) is 12.1 Å². The van der Waals surface area contributed by atoms with Gasteiger partial charge in [-0.3, -0.25) is 14.2 Å². The van der Waals surface area contributed by atoms with Crippen LogP contribution in [-0.2, 0) is 9.63 Å². The summed E-state index contributed by atoms with van der Waals surface area (Å²) in [6.45, 7) is 2.55. The highest BCUT2D eigenvalue weighted by molar-refractivity contribution is 6.37. The first-order chi connectivity index (χ1) is 16.7. The molecule has 4 rings (SSSR count). The zero-order chi connectivity index (χ0) is 25.1. The number of hydrogen-bond acceptors (Lipinski definition) is 4. The summed E-state index contributed by atoms with van der Waals surface area (Å²) in [6, 6.07) is 10.7. The molecule has 35 heavy (non-hydrogen) atoms. The van der Waals surface area contributed by atoms with Crippen molar-refractivity contribution in [1.29, 1.82) is 0 Å². The van der Waals surface area contributed by atoms with Gasteiger partial charge in [0, 0.05) is 62.3 Å². The van der Waals surface area contributed by atoms with E-state index in [0.29, 0.717) is 31.5 Å². The van der Waals surface area contributed by atoms with Gasteiger partial charge in [-0.15, -0.1) is 0 Å². The van der Waals surface area contributed by atoms with E-state index in [2.05, 4.69) is 5.16 Å². The molecular formula is C25H21Cl2F2N3O3. The van der Waals surface area contributed by atoms with Crippen LogP contribution in [0.2, 0.25) is 10.0 Å². The monoisotopic (exact) mass is 519 g/mol. The maximum absolute atomic E-state index is 14.8. The first-order valence-electron chi connectivity index (χ1n) is 10.9. The molecule has 6 nitrogen and oxygen atoms in total. The molecule has 1 fully saturated rings. The Hall–Kier alpha value is -3.23. The van der Waals surface area contributed by atoms with Crippen molar-refractivity contribution in [3.8, 4) is 5.69 Å². The minimum absolute atomic E-state index is 0.0111. The van der Waals surface area contributed by atoms with Crippen LogP contribution < -0.4 is 5.56 Å². The number of pyridine rings is 1. The average molecular weight is 520 g/mol. The Kier molecular flexibility index (Phi) is 7.52. The molecule has 1 amide bonds. The van der Waals surface area contributed by atoms with Gasteiger partial charge in [0.15, 0.2) is 0 Å². The van der Waals surface area contributed by atoms with Crippen LogP contribution in [-0.4, -0.2) is 40.3 Å². The Morgan fingerprint density at radius 2 is 1.74 bits per heavy atom. The number of amides is 1. The molecule has 0 radical (unpaired) electrons. The summed E-state index contributed by atoms with van der Waals surface area (Å²) in [5.74, 6) is -1.59. The Balaban J connectivity index is 1.75. The molecule has 10 heteroatoms. The van der Waals surface area contributed by atoms with E-state index < -0.39 is 17.2 Å². The topological polar surface area (TPSA) is 63.9 Å². The van der Waals surface area contributed by atoms with Gasteiger partial charge in [0.05, 0.1) is 15.7 Å². The third-order valence-electron chi connectivity index (χ3n) is 5.73. The minimum Gasteiger partial charge on any atom is -0.392 e. The third-order valence-corrected chi connectivity index (χ3v) is 6.34. The molecule has 2 aromatic carbocycles. The molecule has 0 N–H and O–H groups in total. The van der Waals surface area contributed by atoms with E-state index in [4.69, 9.17) is 28.0 Å². The van der Waals surface area contributed by atoms with E-state index >= 15 is 0 Å². The van der Waals surface area contributed by atoms with Crippen molar-refractivity contribution in [2.45, 2.75) is 25.9 Å². The highest BCUT2D eigenvalue weighted by Crippen LogP contribution is 2.28. The van der Waals surface area contributed by atoms with Gasteiger partial charge >= 0.3 is 0 Å². The van der Waals surface area contributed by atoms with Crippen LogP contribution in [0.5, 0.6) is 0 Å². The molecule has 0 unspecified atom stereocenters. The van der Waals surface area contributed by atoms with Gasteiger partial charge in [-0.2, -0.15) is 0 Å². The van der Waals surface area contributed by atoms with Crippen LogP contribution >= 0.6 is 23.2 Å². The fraction of sp³-hybridized carbons (Fsp3) is 0.240. The number of carbonyl (C=O) groups excluding carboxylic acids is 1. The molecule has 0 bridgehead atoms. The Morgan fingerprint density at radius 3 is 2.37 bits per heavy atom. The van der Waals surface area contributed by atoms with Crippen LogP contribution in [0.15, 0.2) is 64.7 Å². The molecular weight excluding hydrogens is 499 g/mol. The summed E-state index contributed by atoms with van der Waals surface area (Å²) in [5.41, 5.74) is 0.225. The van der Waals surface area contributed by atoms with Gasteiger partial charge in [0.25, 0.3) is 5.56 Å². The van der Waals surface area contributed by atoms with E-state index in [1.807, 2.05) is 0 Å². The lowest BCUT2D eigenvalue weighted by molar-refractivity contribution is -0.131. The van der Waals surface area contributed by atoms with Crippen molar-refractivity contribution < 1.29 is 18.4 Å². The predicted molar refractivity (Wildman–Crippen MR) is 130 cm³/mol. The second kappa shape index (κ2) is 10.6.